The third-order valence-electron chi connectivity index (χ3n) is 5.32. The van der Waals surface area contributed by atoms with Crippen LogP contribution in [-0.2, 0) is 4.79 Å². The first-order valence-corrected chi connectivity index (χ1v) is 9.27. The van der Waals surface area contributed by atoms with Crippen LogP contribution in [0.5, 0.6) is 0 Å². The number of likely N-dealkylation sites (N-methyl/N-ethyl adjacent to an activating group) is 1. The minimum absolute atomic E-state index is 0.331. The first-order valence-electron chi connectivity index (χ1n) is 9.27. The van der Waals surface area contributed by atoms with Gasteiger partial charge in [-0.1, -0.05) is 25.3 Å². The van der Waals surface area contributed by atoms with Gasteiger partial charge in [0.15, 0.2) is 0 Å². The number of benzene rings is 1. The Morgan fingerprint density at radius 3 is 2.43 bits per heavy atom. The van der Waals surface area contributed by atoms with Gasteiger partial charge in [-0.15, -0.1) is 0 Å². The Balaban J connectivity index is 1.80. The number of hydrogen-bond acceptors (Lipinski definition) is 4. The lowest BCUT2D eigenvalue weighted by Crippen LogP contribution is -2.56. The molecule has 7 heteroatoms. The first-order chi connectivity index (χ1) is 13.4. The van der Waals surface area contributed by atoms with Crippen molar-refractivity contribution in [3.63, 3.8) is 0 Å². The molecule has 1 aromatic heterocycles. The lowest BCUT2D eigenvalue weighted by Gasteiger charge is -2.41. The van der Waals surface area contributed by atoms with Crippen molar-refractivity contribution in [3.8, 4) is 0 Å². The quantitative estimate of drug-likeness (QED) is 0.829. The molecular weight excluding hydrogens is 358 g/mol. The summed E-state index contributed by atoms with van der Waals surface area (Å²) >= 11 is 0. The van der Waals surface area contributed by atoms with Crippen molar-refractivity contribution >= 4 is 23.5 Å². The van der Waals surface area contributed by atoms with Gasteiger partial charge in [-0.3, -0.25) is 14.6 Å². The molecule has 0 unspecified atom stereocenters. The average molecular weight is 381 g/mol. The van der Waals surface area contributed by atoms with Gasteiger partial charge in [-0.25, -0.2) is 4.79 Å². The number of carboxylic acid groups (broad SMARTS) is 1. The van der Waals surface area contributed by atoms with E-state index < -0.39 is 11.5 Å². The monoisotopic (exact) mass is 381 g/mol. The number of anilines is 1. The number of aromatic nitrogens is 1. The van der Waals surface area contributed by atoms with Crippen molar-refractivity contribution in [1.29, 1.82) is 0 Å². The van der Waals surface area contributed by atoms with Gasteiger partial charge in [0.05, 0.1) is 5.56 Å². The van der Waals surface area contributed by atoms with Gasteiger partial charge in [-0.05, 0) is 43.2 Å². The van der Waals surface area contributed by atoms with Crippen LogP contribution in [0.4, 0.5) is 5.69 Å². The van der Waals surface area contributed by atoms with Crippen LogP contribution in [0.25, 0.3) is 0 Å². The molecular formula is C21H23N3O4. The van der Waals surface area contributed by atoms with E-state index >= 15 is 0 Å². The lowest BCUT2D eigenvalue weighted by molar-refractivity contribution is -0.151. The summed E-state index contributed by atoms with van der Waals surface area (Å²) in [4.78, 5) is 42.5. The van der Waals surface area contributed by atoms with Crippen LogP contribution in [0.15, 0.2) is 48.8 Å². The highest BCUT2D eigenvalue weighted by molar-refractivity contribution is 6.05. The largest absolute Gasteiger partial charge is 0.479 e. The number of carboxylic acids is 1. The normalized spacial score (nSPS) is 15.5. The minimum Gasteiger partial charge on any atom is -0.479 e. The summed E-state index contributed by atoms with van der Waals surface area (Å²) in [5.41, 5.74) is 0.0202. The van der Waals surface area contributed by atoms with Crippen LogP contribution in [0.2, 0.25) is 0 Å². The highest BCUT2D eigenvalue weighted by atomic mass is 16.4. The topological polar surface area (TPSA) is 99.6 Å². The standard InChI is InChI=1S/C21H23N3O4/c1-24(21(20(27)28)10-3-2-4-11-21)19(26)15-7-5-9-17(13-15)23-18(25)16-8-6-12-22-14-16/h5-9,12-14H,2-4,10-11H2,1H3,(H,23,25)(H,27,28). The predicted molar refractivity (Wildman–Crippen MR) is 104 cm³/mol. The van der Waals surface area contributed by atoms with Crippen LogP contribution in [0.1, 0.15) is 52.8 Å². The Morgan fingerprint density at radius 2 is 1.79 bits per heavy atom. The molecule has 0 spiro atoms. The van der Waals surface area contributed by atoms with E-state index in [2.05, 4.69) is 10.3 Å². The minimum atomic E-state index is -1.18. The van der Waals surface area contributed by atoms with E-state index in [-0.39, 0.29) is 11.8 Å². The van der Waals surface area contributed by atoms with Crippen molar-refractivity contribution in [1.82, 2.24) is 9.88 Å². The zero-order valence-corrected chi connectivity index (χ0v) is 15.7. The SMILES string of the molecule is CN(C(=O)c1cccc(NC(=O)c2cccnc2)c1)C1(C(=O)O)CCCCC1. The van der Waals surface area contributed by atoms with Crippen LogP contribution in [0, 0.1) is 0 Å². The number of amides is 2. The molecule has 0 radical (unpaired) electrons. The summed E-state index contributed by atoms with van der Waals surface area (Å²) in [5, 5.41) is 12.5. The van der Waals surface area contributed by atoms with Gasteiger partial charge in [-0.2, -0.15) is 0 Å². The zero-order chi connectivity index (χ0) is 20.1. The number of nitrogens with one attached hydrogen (secondary N) is 1. The van der Waals surface area contributed by atoms with Crippen molar-refractivity contribution in [2.45, 2.75) is 37.6 Å². The molecule has 0 saturated heterocycles. The molecule has 1 aliphatic carbocycles. The molecule has 0 bridgehead atoms. The number of carbonyl (C=O) groups excluding carboxylic acids is 2. The number of nitrogens with zero attached hydrogens (tertiary/aromatic N) is 2. The number of pyridine rings is 1. The van der Waals surface area contributed by atoms with E-state index in [0.29, 0.717) is 29.7 Å². The number of aliphatic carboxylic acids is 1. The third-order valence-corrected chi connectivity index (χ3v) is 5.32. The van der Waals surface area contributed by atoms with Crippen molar-refractivity contribution in [2.75, 3.05) is 12.4 Å². The molecule has 1 saturated carbocycles. The number of carbonyl (C=O) groups is 3. The predicted octanol–water partition coefficient (Wildman–Crippen LogP) is 3.19. The Hall–Kier alpha value is -3.22. The molecule has 28 heavy (non-hydrogen) atoms. The highest BCUT2D eigenvalue weighted by Gasteiger charge is 2.45. The molecule has 2 amide bonds. The van der Waals surface area contributed by atoms with Gasteiger partial charge < -0.3 is 15.3 Å². The zero-order valence-electron chi connectivity index (χ0n) is 15.7. The molecule has 3 rings (SSSR count). The molecule has 1 aliphatic rings. The molecule has 1 fully saturated rings. The maximum absolute atomic E-state index is 13.0. The van der Waals surface area contributed by atoms with Gasteiger partial charge in [0.2, 0.25) is 0 Å². The lowest BCUT2D eigenvalue weighted by atomic mass is 9.80. The second-order valence-electron chi connectivity index (χ2n) is 7.04. The molecule has 2 aromatic rings. The van der Waals surface area contributed by atoms with Crippen LogP contribution < -0.4 is 5.32 Å². The van der Waals surface area contributed by atoms with Gasteiger partial charge in [0, 0.05) is 30.7 Å². The van der Waals surface area contributed by atoms with E-state index in [1.54, 1.807) is 49.6 Å². The maximum Gasteiger partial charge on any atom is 0.329 e. The third kappa shape index (κ3) is 3.88. The fraction of sp³-hybridized carbons (Fsp3) is 0.333. The maximum atomic E-state index is 13.0. The van der Waals surface area contributed by atoms with Gasteiger partial charge in [0.25, 0.3) is 11.8 Å². The van der Waals surface area contributed by atoms with Crippen LogP contribution >= 0.6 is 0 Å². The fourth-order valence-electron chi connectivity index (χ4n) is 3.65. The Morgan fingerprint density at radius 1 is 1.07 bits per heavy atom. The van der Waals surface area contributed by atoms with E-state index in [1.807, 2.05) is 0 Å². The Kier molecular flexibility index (Phi) is 5.73. The smallest absolute Gasteiger partial charge is 0.329 e. The van der Waals surface area contributed by atoms with Crippen molar-refractivity contribution in [3.05, 3.63) is 59.9 Å². The van der Waals surface area contributed by atoms with Gasteiger partial charge >= 0.3 is 5.97 Å². The van der Waals surface area contributed by atoms with E-state index in [1.165, 1.54) is 11.1 Å². The summed E-state index contributed by atoms with van der Waals surface area (Å²) in [5.74, 6) is -1.67. The Bertz CT molecular complexity index is 876. The molecule has 146 valence electrons. The molecule has 1 heterocycles. The second-order valence-corrected chi connectivity index (χ2v) is 7.04. The molecule has 0 atom stereocenters. The summed E-state index contributed by atoms with van der Waals surface area (Å²) < 4.78 is 0. The van der Waals surface area contributed by atoms with E-state index in [4.69, 9.17) is 0 Å². The summed E-state index contributed by atoms with van der Waals surface area (Å²) in [7, 11) is 1.54. The molecule has 2 N–H and O–H groups in total. The number of rotatable bonds is 5. The van der Waals surface area contributed by atoms with E-state index in [9.17, 15) is 19.5 Å². The molecule has 7 nitrogen and oxygen atoms in total. The second kappa shape index (κ2) is 8.21. The first kappa shape index (κ1) is 19.5. The molecule has 1 aromatic carbocycles. The average Bonchev–Trinajstić information content (AvgIpc) is 2.73. The number of hydrogen-bond donors (Lipinski definition) is 2. The van der Waals surface area contributed by atoms with Crippen molar-refractivity contribution in [2.24, 2.45) is 0 Å². The van der Waals surface area contributed by atoms with Gasteiger partial charge in [0.1, 0.15) is 5.54 Å². The molecule has 0 aliphatic heterocycles. The van der Waals surface area contributed by atoms with Crippen LogP contribution in [-0.4, -0.2) is 45.4 Å². The highest BCUT2D eigenvalue weighted by Crippen LogP contribution is 2.34. The summed E-state index contributed by atoms with van der Waals surface area (Å²) in [6, 6.07) is 9.83. The van der Waals surface area contributed by atoms with E-state index in [0.717, 1.165) is 19.3 Å². The summed E-state index contributed by atoms with van der Waals surface area (Å²) in [6.07, 6.45) is 6.47. The van der Waals surface area contributed by atoms with Crippen molar-refractivity contribution < 1.29 is 19.5 Å². The van der Waals surface area contributed by atoms with Crippen LogP contribution in [0.3, 0.4) is 0 Å². The Labute approximate surface area is 163 Å². The summed E-state index contributed by atoms with van der Waals surface area (Å²) in [6.45, 7) is 0. The fourth-order valence-corrected chi connectivity index (χ4v) is 3.65.